The Morgan fingerprint density at radius 2 is 2.24 bits per heavy atom. The van der Waals surface area contributed by atoms with E-state index in [9.17, 15) is 9.90 Å². The highest BCUT2D eigenvalue weighted by atomic mass is 16.6. The van der Waals surface area contributed by atoms with Crippen LogP contribution in [0, 0.1) is 0 Å². The molecule has 0 aromatic carbocycles. The molecule has 0 aromatic rings. The Morgan fingerprint density at radius 1 is 1.53 bits per heavy atom. The molecule has 5 nitrogen and oxygen atoms in total. The number of ether oxygens (including phenoxy) is 2. The molecule has 0 radical (unpaired) electrons. The van der Waals surface area contributed by atoms with Crippen molar-refractivity contribution in [2.24, 2.45) is 0 Å². The summed E-state index contributed by atoms with van der Waals surface area (Å²) in [5.41, 5.74) is 0. The van der Waals surface area contributed by atoms with Crippen LogP contribution in [0.3, 0.4) is 0 Å². The maximum Gasteiger partial charge on any atom is 0.378 e. The number of carbonyl (C=O) groups is 1. The predicted octanol–water partition coefficient (Wildman–Crippen LogP) is 2.00. The van der Waals surface area contributed by atoms with Crippen LogP contribution in [0.1, 0.15) is 26.2 Å². The zero-order valence-corrected chi connectivity index (χ0v) is 9.89. The average molecular weight is 242 g/mol. The first kappa shape index (κ1) is 13.6. The molecule has 0 aromatic heterocycles. The van der Waals surface area contributed by atoms with Gasteiger partial charge in [-0.3, -0.25) is 0 Å². The van der Waals surface area contributed by atoms with E-state index >= 15 is 0 Å². The fraction of sp³-hybridized carbons (Fsp3) is 0.583. The first-order valence-corrected chi connectivity index (χ1v) is 5.69. The quantitative estimate of drug-likeness (QED) is 0.405. The maximum absolute atomic E-state index is 11.0. The number of hydrogen-bond acceptors (Lipinski definition) is 5. The highest BCUT2D eigenvalue weighted by Crippen LogP contribution is 2.23. The Kier molecular flexibility index (Phi) is 5.03. The molecule has 0 aliphatic carbocycles. The molecule has 0 saturated heterocycles. The van der Waals surface area contributed by atoms with Gasteiger partial charge < -0.3 is 19.7 Å². The number of cyclic esters (lactones) is 1. The summed E-state index contributed by atoms with van der Waals surface area (Å²) in [6.07, 6.45) is 2.83. The lowest BCUT2D eigenvalue weighted by molar-refractivity contribution is -0.147. The van der Waals surface area contributed by atoms with Crippen molar-refractivity contribution in [3.63, 3.8) is 0 Å². The van der Waals surface area contributed by atoms with Gasteiger partial charge in [0.1, 0.15) is 6.10 Å². The van der Waals surface area contributed by atoms with E-state index in [2.05, 4.69) is 13.5 Å². The van der Waals surface area contributed by atoms with Gasteiger partial charge in [-0.2, -0.15) is 0 Å². The molecule has 1 heterocycles. The van der Waals surface area contributed by atoms with E-state index in [0.717, 1.165) is 19.3 Å². The molecule has 17 heavy (non-hydrogen) atoms. The van der Waals surface area contributed by atoms with Crippen molar-refractivity contribution in [3.8, 4) is 0 Å². The van der Waals surface area contributed by atoms with E-state index in [1.807, 2.05) is 0 Å². The summed E-state index contributed by atoms with van der Waals surface area (Å²) in [6, 6.07) is 0. The van der Waals surface area contributed by atoms with Crippen molar-refractivity contribution < 1.29 is 24.5 Å². The highest BCUT2D eigenvalue weighted by Gasteiger charge is 2.39. The highest BCUT2D eigenvalue weighted by molar-refractivity contribution is 5.89. The monoisotopic (exact) mass is 242 g/mol. The van der Waals surface area contributed by atoms with Gasteiger partial charge in [0.15, 0.2) is 11.9 Å². The van der Waals surface area contributed by atoms with E-state index in [-0.39, 0.29) is 0 Å². The first-order valence-electron chi connectivity index (χ1n) is 5.69. The van der Waals surface area contributed by atoms with Crippen LogP contribution in [0.25, 0.3) is 0 Å². The molecule has 1 aliphatic heterocycles. The minimum atomic E-state index is -0.985. The summed E-state index contributed by atoms with van der Waals surface area (Å²) < 4.78 is 10.2. The number of aliphatic hydroxyl groups excluding tert-OH is 2. The minimum absolute atomic E-state index is 0.490. The van der Waals surface area contributed by atoms with E-state index in [4.69, 9.17) is 14.6 Å². The van der Waals surface area contributed by atoms with Gasteiger partial charge in [0.05, 0.1) is 0 Å². The van der Waals surface area contributed by atoms with Gasteiger partial charge in [-0.1, -0.05) is 25.8 Å². The fourth-order valence-corrected chi connectivity index (χ4v) is 1.54. The smallest absolute Gasteiger partial charge is 0.378 e. The lowest BCUT2D eigenvalue weighted by Gasteiger charge is -2.19. The standard InChI is InChI=1S/C12H18O5/c1-3-5-6-7-16-8(4-2)11-9(13)10(14)12(15)17-11/h4,8,11,13-14H,2-3,5-7H2,1H3. The SMILES string of the molecule is C=CC(OCCCCC)C1OC(=O)C(O)=C1O. The Labute approximate surface area is 100 Å². The van der Waals surface area contributed by atoms with Crippen LogP contribution in [0.2, 0.25) is 0 Å². The van der Waals surface area contributed by atoms with Crippen LogP contribution in [0.15, 0.2) is 24.2 Å². The summed E-state index contributed by atoms with van der Waals surface area (Å²) in [5, 5.41) is 18.6. The van der Waals surface area contributed by atoms with Gasteiger partial charge in [-0.05, 0) is 6.42 Å². The van der Waals surface area contributed by atoms with Crippen molar-refractivity contribution in [1.29, 1.82) is 0 Å². The number of aliphatic hydroxyl groups is 2. The molecule has 2 unspecified atom stereocenters. The number of hydrogen-bond donors (Lipinski definition) is 2. The average Bonchev–Trinajstić information content (AvgIpc) is 2.58. The van der Waals surface area contributed by atoms with Gasteiger partial charge in [-0.15, -0.1) is 6.58 Å². The third kappa shape index (κ3) is 3.23. The van der Waals surface area contributed by atoms with Crippen LogP contribution in [-0.4, -0.2) is 35.0 Å². The summed E-state index contributed by atoms with van der Waals surface area (Å²) in [6.45, 7) is 6.13. The van der Waals surface area contributed by atoms with E-state index in [0.29, 0.717) is 6.61 Å². The molecule has 2 atom stereocenters. The normalized spacial score (nSPS) is 21.5. The second kappa shape index (κ2) is 6.30. The molecule has 0 fully saturated rings. The van der Waals surface area contributed by atoms with Gasteiger partial charge in [-0.25, -0.2) is 4.79 Å². The van der Waals surface area contributed by atoms with Crippen LogP contribution < -0.4 is 0 Å². The van der Waals surface area contributed by atoms with Gasteiger partial charge in [0, 0.05) is 6.61 Å². The Bertz CT molecular complexity index is 321. The van der Waals surface area contributed by atoms with E-state index in [1.165, 1.54) is 6.08 Å². The molecule has 1 rings (SSSR count). The molecule has 0 amide bonds. The van der Waals surface area contributed by atoms with Crippen LogP contribution in [0.4, 0.5) is 0 Å². The third-order valence-electron chi connectivity index (χ3n) is 2.53. The third-order valence-corrected chi connectivity index (χ3v) is 2.53. The number of carbonyl (C=O) groups excluding carboxylic acids is 1. The fourth-order valence-electron chi connectivity index (χ4n) is 1.54. The first-order chi connectivity index (χ1) is 8.11. The van der Waals surface area contributed by atoms with Crippen LogP contribution >= 0.6 is 0 Å². The molecular formula is C12H18O5. The number of esters is 1. The molecule has 0 bridgehead atoms. The summed E-state index contributed by atoms with van der Waals surface area (Å²) in [5.74, 6) is -2.18. The Morgan fingerprint density at radius 3 is 2.71 bits per heavy atom. The molecular weight excluding hydrogens is 224 g/mol. The lowest BCUT2D eigenvalue weighted by Crippen LogP contribution is -2.30. The maximum atomic E-state index is 11.0. The van der Waals surface area contributed by atoms with E-state index < -0.39 is 29.7 Å². The van der Waals surface area contributed by atoms with Crippen molar-refractivity contribution in [2.45, 2.75) is 38.4 Å². The Balaban J connectivity index is 2.52. The second-order valence-electron chi connectivity index (χ2n) is 3.84. The topological polar surface area (TPSA) is 76.0 Å². The molecule has 0 spiro atoms. The zero-order valence-electron chi connectivity index (χ0n) is 9.89. The number of rotatable bonds is 7. The molecule has 96 valence electrons. The van der Waals surface area contributed by atoms with Crippen LogP contribution in [-0.2, 0) is 14.3 Å². The molecule has 2 N–H and O–H groups in total. The molecule has 0 saturated carbocycles. The summed E-state index contributed by atoms with van der Waals surface area (Å²) >= 11 is 0. The van der Waals surface area contributed by atoms with Crippen molar-refractivity contribution in [2.75, 3.05) is 6.61 Å². The molecule has 5 heteroatoms. The van der Waals surface area contributed by atoms with Crippen molar-refractivity contribution >= 4 is 5.97 Å². The predicted molar refractivity (Wildman–Crippen MR) is 61.6 cm³/mol. The van der Waals surface area contributed by atoms with Crippen molar-refractivity contribution in [3.05, 3.63) is 24.2 Å². The zero-order chi connectivity index (χ0) is 12.8. The van der Waals surface area contributed by atoms with Crippen molar-refractivity contribution in [1.82, 2.24) is 0 Å². The largest absolute Gasteiger partial charge is 0.505 e. The van der Waals surface area contributed by atoms with E-state index in [1.54, 1.807) is 0 Å². The van der Waals surface area contributed by atoms with Crippen LogP contribution in [0.5, 0.6) is 0 Å². The minimum Gasteiger partial charge on any atom is -0.505 e. The lowest BCUT2D eigenvalue weighted by atomic mass is 10.1. The van der Waals surface area contributed by atoms with Gasteiger partial charge >= 0.3 is 5.97 Å². The number of unbranched alkanes of at least 4 members (excludes halogenated alkanes) is 2. The Hall–Kier alpha value is -1.49. The summed E-state index contributed by atoms with van der Waals surface area (Å²) in [7, 11) is 0. The summed E-state index contributed by atoms with van der Waals surface area (Å²) in [4.78, 5) is 11.0. The molecule has 1 aliphatic rings. The van der Waals surface area contributed by atoms with Gasteiger partial charge in [0.25, 0.3) is 0 Å². The van der Waals surface area contributed by atoms with Gasteiger partial charge in [0.2, 0.25) is 5.76 Å². The second-order valence-corrected chi connectivity index (χ2v) is 3.84.